The van der Waals surface area contributed by atoms with Gasteiger partial charge in [-0.15, -0.1) is 6.58 Å². The molecular weight excluding hydrogens is 382 g/mol. The molecule has 0 spiro atoms. The van der Waals surface area contributed by atoms with Crippen LogP contribution in [0.4, 0.5) is 8.78 Å². The second-order valence-electron chi connectivity index (χ2n) is 9.63. The molecular formula is C26H36F2O2. The zero-order chi connectivity index (χ0) is 21.5. The maximum atomic E-state index is 13.3. The van der Waals surface area contributed by atoms with Gasteiger partial charge in [0.2, 0.25) is 0 Å². The summed E-state index contributed by atoms with van der Waals surface area (Å²) in [4.78, 5) is 11.3. The van der Waals surface area contributed by atoms with Crippen LogP contribution in [0.3, 0.4) is 0 Å². The Morgan fingerprint density at radius 2 is 1.47 bits per heavy atom. The van der Waals surface area contributed by atoms with E-state index in [1.807, 2.05) is 0 Å². The van der Waals surface area contributed by atoms with Gasteiger partial charge in [0.25, 0.3) is 0 Å². The number of aryl methyl sites for hydroxylation is 1. The molecule has 1 aromatic carbocycles. The molecule has 3 rings (SSSR count). The summed E-state index contributed by atoms with van der Waals surface area (Å²) < 4.78 is 26.4. The van der Waals surface area contributed by atoms with Crippen molar-refractivity contribution in [3.8, 4) is 0 Å². The SMILES string of the molecule is C=CC(C(=O)O)C1CCC(CCC2CCC(CCc3ccc(F)c(F)c3)CC2)CC1. The zero-order valence-electron chi connectivity index (χ0n) is 18.0. The Kier molecular flexibility index (Phi) is 8.47. The Hall–Kier alpha value is -1.71. The highest BCUT2D eigenvalue weighted by atomic mass is 19.2. The Bertz CT molecular complexity index is 701. The first-order valence-corrected chi connectivity index (χ1v) is 11.8. The van der Waals surface area contributed by atoms with Crippen molar-refractivity contribution in [2.24, 2.45) is 29.6 Å². The van der Waals surface area contributed by atoms with Crippen LogP contribution in [-0.2, 0) is 11.2 Å². The number of aliphatic carboxylic acids is 1. The summed E-state index contributed by atoms with van der Waals surface area (Å²) in [5.41, 5.74) is 0.896. The predicted molar refractivity (Wildman–Crippen MR) is 116 cm³/mol. The van der Waals surface area contributed by atoms with E-state index in [4.69, 9.17) is 0 Å². The Morgan fingerprint density at radius 1 is 0.933 bits per heavy atom. The van der Waals surface area contributed by atoms with E-state index < -0.39 is 17.6 Å². The maximum absolute atomic E-state index is 13.3. The molecule has 0 heterocycles. The fourth-order valence-corrected chi connectivity index (χ4v) is 5.68. The Labute approximate surface area is 179 Å². The van der Waals surface area contributed by atoms with Crippen molar-refractivity contribution in [1.82, 2.24) is 0 Å². The number of carboxylic acid groups (broad SMARTS) is 1. The molecule has 0 aromatic heterocycles. The van der Waals surface area contributed by atoms with Crippen molar-refractivity contribution < 1.29 is 18.7 Å². The highest BCUT2D eigenvalue weighted by Gasteiger charge is 2.30. The minimum atomic E-state index is -0.768. The van der Waals surface area contributed by atoms with Crippen molar-refractivity contribution in [3.05, 3.63) is 48.1 Å². The van der Waals surface area contributed by atoms with Gasteiger partial charge in [0.1, 0.15) is 0 Å². The van der Waals surface area contributed by atoms with E-state index in [1.54, 1.807) is 12.1 Å². The smallest absolute Gasteiger partial charge is 0.310 e. The van der Waals surface area contributed by atoms with Gasteiger partial charge in [0.15, 0.2) is 11.6 Å². The van der Waals surface area contributed by atoms with Crippen molar-refractivity contribution in [2.75, 3.05) is 0 Å². The normalized spacial score (nSPS) is 28.1. The third-order valence-electron chi connectivity index (χ3n) is 7.71. The quantitative estimate of drug-likeness (QED) is 0.431. The average molecular weight is 419 g/mol. The van der Waals surface area contributed by atoms with Gasteiger partial charge in [-0.3, -0.25) is 4.79 Å². The molecule has 166 valence electrons. The molecule has 30 heavy (non-hydrogen) atoms. The van der Waals surface area contributed by atoms with E-state index in [0.29, 0.717) is 5.92 Å². The lowest BCUT2D eigenvalue weighted by Gasteiger charge is -2.33. The lowest BCUT2D eigenvalue weighted by atomic mass is 9.72. The monoisotopic (exact) mass is 418 g/mol. The molecule has 1 atom stereocenters. The zero-order valence-corrected chi connectivity index (χ0v) is 18.0. The van der Waals surface area contributed by atoms with Crippen molar-refractivity contribution >= 4 is 5.97 Å². The van der Waals surface area contributed by atoms with Crippen LogP contribution in [0, 0.1) is 41.2 Å². The highest BCUT2D eigenvalue weighted by molar-refractivity contribution is 5.72. The van der Waals surface area contributed by atoms with Gasteiger partial charge in [0.05, 0.1) is 5.92 Å². The molecule has 2 fully saturated rings. The number of carboxylic acids is 1. The largest absolute Gasteiger partial charge is 0.481 e. The van der Waals surface area contributed by atoms with E-state index >= 15 is 0 Å². The van der Waals surface area contributed by atoms with E-state index in [1.165, 1.54) is 50.7 Å². The first kappa shape index (κ1) is 23.0. The van der Waals surface area contributed by atoms with Gasteiger partial charge in [-0.1, -0.05) is 63.5 Å². The van der Waals surface area contributed by atoms with E-state index in [0.717, 1.165) is 55.9 Å². The van der Waals surface area contributed by atoms with Gasteiger partial charge in [-0.25, -0.2) is 8.78 Å². The number of carbonyl (C=O) groups is 1. The topological polar surface area (TPSA) is 37.3 Å². The van der Waals surface area contributed by atoms with Gasteiger partial charge in [0, 0.05) is 0 Å². The number of halogens is 2. The van der Waals surface area contributed by atoms with Gasteiger partial charge < -0.3 is 5.11 Å². The van der Waals surface area contributed by atoms with Crippen molar-refractivity contribution in [3.63, 3.8) is 0 Å². The summed E-state index contributed by atoms with van der Waals surface area (Å²) in [7, 11) is 0. The van der Waals surface area contributed by atoms with Crippen LogP contribution in [0.15, 0.2) is 30.9 Å². The van der Waals surface area contributed by atoms with Crippen LogP contribution in [0.1, 0.15) is 76.2 Å². The molecule has 1 aromatic rings. The van der Waals surface area contributed by atoms with Crippen LogP contribution in [-0.4, -0.2) is 11.1 Å². The van der Waals surface area contributed by atoms with Crippen LogP contribution >= 0.6 is 0 Å². The van der Waals surface area contributed by atoms with E-state index in [-0.39, 0.29) is 11.8 Å². The predicted octanol–water partition coefficient (Wildman–Crippen LogP) is 7.18. The fraction of sp³-hybridized carbons (Fsp3) is 0.654. The Morgan fingerprint density at radius 3 is 1.97 bits per heavy atom. The summed E-state index contributed by atoms with van der Waals surface area (Å²) in [5, 5.41) is 9.31. The number of rotatable bonds is 9. The molecule has 4 heteroatoms. The number of benzene rings is 1. The number of hydrogen-bond donors (Lipinski definition) is 1. The minimum Gasteiger partial charge on any atom is -0.481 e. The second-order valence-corrected chi connectivity index (χ2v) is 9.63. The summed E-state index contributed by atoms with van der Waals surface area (Å²) >= 11 is 0. The molecule has 2 saturated carbocycles. The second kappa shape index (κ2) is 11.1. The Balaban J connectivity index is 1.31. The van der Waals surface area contributed by atoms with Crippen molar-refractivity contribution in [1.29, 1.82) is 0 Å². The van der Waals surface area contributed by atoms with Crippen molar-refractivity contribution in [2.45, 2.75) is 77.0 Å². The molecule has 0 radical (unpaired) electrons. The molecule has 0 bridgehead atoms. The lowest BCUT2D eigenvalue weighted by Crippen LogP contribution is -2.26. The molecule has 0 aliphatic heterocycles. The van der Waals surface area contributed by atoms with E-state index in [9.17, 15) is 18.7 Å². The summed E-state index contributed by atoms with van der Waals surface area (Å²) in [6, 6.07) is 4.27. The molecule has 2 aliphatic rings. The summed E-state index contributed by atoms with van der Waals surface area (Å²) in [5.74, 6) is -0.0718. The minimum absolute atomic E-state index is 0.265. The fourth-order valence-electron chi connectivity index (χ4n) is 5.68. The molecule has 0 amide bonds. The summed E-state index contributed by atoms with van der Waals surface area (Å²) in [6.07, 6.45) is 15.5. The summed E-state index contributed by atoms with van der Waals surface area (Å²) in [6.45, 7) is 3.71. The van der Waals surface area contributed by atoms with Crippen LogP contribution in [0.2, 0.25) is 0 Å². The lowest BCUT2D eigenvalue weighted by molar-refractivity contribution is -0.142. The van der Waals surface area contributed by atoms with E-state index in [2.05, 4.69) is 6.58 Å². The van der Waals surface area contributed by atoms with Gasteiger partial charge in [-0.05, 0) is 67.1 Å². The first-order valence-electron chi connectivity index (χ1n) is 11.8. The third-order valence-corrected chi connectivity index (χ3v) is 7.71. The number of hydrogen-bond acceptors (Lipinski definition) is 1. The van der Waals surface area contributed by atoms with Crippen LogP contribution in [0.25, 0.3) is 0 Å². The molecule has 1 N–H and O–H groups in total. The molecule has 1 unspecified atom stereocenters. The third kappa shape index (κ3) is 6.39. The van der Waals surface area contributed by atoms with Crippen LogP contribution < -0.4 is 0 Å². The standard InChI is InChI=1S/C26H36F2O2/c1-2-23(26(29)30)22-14-11-20(12-15-22)8-7-18-3-5-19(6-4-18)9-10-21-13-16-24(27)25(28)17-21/h2,13,16-20,22-23H,1,3-12,14-15H2,(H,29,30). The van der Waals surface area contributed by atoms with Gasteiger partial charge in [-0.2, -0.15) is 0 Å². The molecule has 0 saturated heterocycles. The highest BCUT2D eigenvalue weighted by Crippen LogP contribution is 2.39. The van der Waals surface area contributed by atoms with Crippen LogP contribution in [0.5, 0.6) is 0 Å². The van der Waals surface area contributed by atoms with Gasteiger partial charge >= 0.3 is 5.97 Å². The maximum Gasteiger partial charge on any atom is 0.310 e. The average Bonchev–Trinajstić information content (AvgIpc) is 2.75. The molecule has 2 aliphatic carbocycles. The first-order chi connectivity index (χ1) is 14.5. The molecule has 2 nitrogen and oxygen atoms in total.